The number of rotatable bonds is 0. The van der Waals surface area contributed by atoms with Crippen molar-refractivity contribution < 1.29 is 5.11 Å². The number of nitrogens with two attached hydrogens (primary N) is 1. The molecule has 66 valence electrons. The molecule has 0 aliphatic heterocycles. The van der Waals surface area contributed by atoms with Gasteiger partial charge in [-0.05, 0) is 29.7 Å². The fraction of sp³-hybridized carbons (Fsp3) is 0. The maximum Gasteiger partial charge on any atom is 0.125 e. The van der Waals surface area contributed by atoms with Gasteiger partial charge in [0.05, 0.1) is 0 Å². The minimum atomic E-state index is 0.187. The van der Waals surface area contributed by atoms with Gasteiger partial charge in [0.15, 0.2) is 0 Å². The summed E-state index contributed by atoms with van der Waals surface area (Å²) in [6, 6.07) is 8.58. The zero-order valence-electron chi connectivity index (χ0n) is 6.79. The summed E-state index contributed by atoms with van der Waals surface area (Å²) in [5.41, 5.74) is 6.11. The zero-order valence-corrected chi connectivity index (χ0v) is 7.55. The average molecular weight is 194 g/mol. The lowest BCUT2D eigenvalue weighted by Gasteiger charge is -2.02. The number of phenolic OH excluding ortho intramolecular Hbond substituents is 1. The molecule has 0 amide bonds. The Kier molecular flexibility index (Phi) is 1.78. The molecule has 0 fully saturated rings. The minimum absolute atomic E-state index is 0.187. The van der Waals surface area contributed by atoms with E-state index in [1.807, 2.05) is 0 Å². The number of halogens is 1. The second kappa shape index (κ2) is 2.82. The Labute approximate surface area is 80.6 Å². The number of benzene rings is 2. The molecule has 0 saturated carbocycles. The van der Waals surface area contributed by atoms with Crippen molar-refractivity contribution in [2.24, 2.45) is 0 Å². The predicted molar refractivity (Wildman–Crippen MR) is 55.0 cm³/mol. The number of fused-ring (bicyclic) bond motifs is 1. The van der Waals surface area contributed by atoms with Crippen molar-refractivity contribution in [3.05, 3.63) is 35.4 Å². The van der Waals surface area contributed by atoms with Gasteiger partial charge in [0.1, 0.15) is 5.75 Å². The predicted octanol–water partition coefficient (Wildman–Crippen LogP) is 2.78. The largest absolute Gasteiger partial charge is 0.507 e. The first kappa shape index (κ1) is 8.20. The van der Waals surface area contributed by atoms with Crippen molar-refractivity contribution in [2.45, 2.75) is 0 Å². The quantitative estimate of drug-likeness (QED) is 0.632. The summed E-state index contributed by atoms with van der Waals surface area (Å²) in [5.74, 6) is 0.187. The number of phenols is 1. The van der Waals surface area contributed by atoms with Gasteiger partial charge in [-0.1, -0.05) is 11.6 Å². The van der Waals surface area contributed by atoms with Crippen LogP contribution in [0.25, 0.3) is 10.8 Å². The Morgan fingerprint density at radius 1 is 1.15 bits per heavy atom. The van der Waals surface area contributed by atoms with Crippen molar-refractivity contribution in [3.63, 3.8) is 0 Å². The molecule has 0 aromatic heterocycles. The van der Waals surface area contributed by atoms with E-state index in [4.69, 9.17) is 17.3 Å². The first-order valence-electron chi connectivity index (χ1n) is 3.84. The van der Waals surface area contributed by atoms with E-state index in [9.17, 15) is 5.11 Å². The van der Waals surface area contributed by atoms with Gasteiger partial charge in [0.2, 0.25) is 0 Å². The summed E-state index contributed by atoms with van der Waals surface area (Å²) in [6.07, 6.45) is 0. The zero-order chi connectivity index (χ0) is 9.42. The van der Waals surface area contributed by atoms with Gasteiger partial charge in [0.25, 0.3) is 0 Å². The van der Waals surface area contributed by atoms with Crippen molar-refractivity contribution in [3.8, 4) is 5.75 Å². The van der Waals surface area contributed by atoms with Crippen molar-refractivity contribution in [1.29, 1.82) is 0 Å². The third-order valence-electron chi connectivity index (χ3n) is 1.92. The van der Waals surface area contributed by atoms with Crippen LogP contribution in [0.5, 0.6) is 5.75 Å². The van der Waals surface area contributed by atoms with E-state index in [0.717, 1.165) is 10.8 Å². The Morgan fingerprint density at radius 2 is 1.92 bits per heavy atom. The smallest absolute Gasteiger partial charge is 0.125 e. The normalized spacial score (nSPS) is 10.5. The van der Waals surface area contributed by atoms with Crippen molar-refractivity contribution in [2.75, 3.05) is 5.73 Å². The highest BCUT2D eigenvalue weighted by Gasteiger charge is 2.01. The van der Waals surface area contributed by atoms with Gasteiger partial charge in [-0.15, -0.1) is 0 Å². The van der Waals surface area contributed by atoms with Crippen molar-refractivity contribution >= 4 is 28.1 Å². The summed E-state index contributed by atoms with van der Waals surface area (Å²) in [6.45, 7) is 0. The molecule has 13 heavy (non-hydrogen) atoms. The minimum Gasteiger partial charge on any atom is -0.507 e. The molecule has 2 rings (SSSR count). The van der Waals surface area contributed by atoms with E-state index in [1.54, 1.807) is 24.3 Å². The summed E-state index contributed by atoms with van der Waals surface area (Å²) in [4.78, 5) is 0. The van der Waals surface area contributed by atoms with E-state index in [2.05, 4.69) is 0 Å². The fourth-order valence-electron chi connectivity index (χ4n) is 1.34. The summed E-state index contributed by atoms with van der Waals surface area (Å²) >= 11 is 5.80. The Morgan fingerprint density at radius 3 is 2.69 bits per heavy atom. The van der Waals surface area contributed by atoms with Crippen LogP contribution in [0.15, 0.2) is 30.3 Å². The Bertz CT molecular complexity index is 462. The average Bonchev–Trinajstić information content (AvgIpc) is 2.02. The molecule has 0 radical (unpaired) electrons. The molecule has 0 atom stereocenters. The first-order valence-corrected chi connectivity index (χ1v) is 4.22. The topological polar surface area (TPSA) is 46.2 Å². The maximum atomic E-state index is 9.52. The van der Waals surface area contributed by atoms with Gasteiger partial charge in [-0.3, -0.25) is 0 Å². The van der Waals surface area contributed by atoms with E-state index < -0.39 is 0 Å². The van der Waals surface area contributed by atoms with Gasteiger partial charge >= 0.3 is 0 Å². The van der Waals surface area contributed by atoms with Crippen LogP contribution in [0.1, 0.15) is 0 Å². The first-order chi connectivity index (χ1) is 6.16. The van der Waals surface area contributed by atoms with E-state index in [-0.39, 0.29) is 5.75 Å². The second-order valence-corrected chi connectivity index (χ2v) is 3.34. The van der Waals surface area contributed by atoms with Gasteiger partial charge in [-0.25, -0.2) is 0 Å². The van der Waals surface area contributed by atoms with Crippen LogP contribution < -0.4 is 5.73 Å². The lowest BCUT2D eigenvalue weighted by molar-refractivity contribution is 0.482. The molecule has 3 N–H and O–H groups in total. The molecule has 0 saturated heterocycles. The summed E-state index contributed by atoms with van der Waals surface area (Å²) in [5, 5.41) is 11.8. The molecule has 0 bridgehead atoms. The van der Waals surface area contributed by atoms with Gasteiger partial charge in [-0.2, -0.15) is 0 Å². The molecule has 0 spiro atoms. The van der Waals surface area contributed by atoms with Gasteiger partial charge < -0.3 is 10.8 Å². The molecule has 2 nitrogen and oxygen atoms in total. The van der Waals surface area contributed by atoms with Gasteiger partial charge in [0, 0.05) is 22.2 Å². The van der Waals surface area contributed by atoms with Crippen LogP contribution in [-0.2, 0) is 0 Å². The highest BCUT2D eigenvalue weighted by Crippen LogP contribution is 2.29. The van der Waals surface area contributed by atoms with E-state index in [0.29, 0.717) is 10.7 Å². The number of hydrogen-bond acceptors (Lipinski definition) is 2. The molecule has 2 aromatic rings. The monoisotopic (exact) mass is 193 g/mol. The van der Waals surface area contributed by atoms with Crippen LogP contribution in [0.3, 0.4) is 0 Å². The van der Waals surface area contributed by atoms with E-state index in [1.165, 1.54) is 6.07 Å². The third kappa shape index (κ3) is 1.40. The lowest BCUT2D eigenvalue weighted by Crippen LogP contribution is -1.84. The molecular formula is C10H8ClNO. The van der Waals surface area contributed by atoms with Crippen LogP contribution in [0.2, 0.25) is 5.02 Å². The molecule has 0 aliphatic carbocycles. The number of hydrogen-bond donors (Lipinski definition) is 2. The highest BCUT2D eigenvalue weighted by molar-refractivity contribution is 6.31. The summed E-state index contributed by atoms with van der Waals surface area (Å²) in [7, 11) is 0. The molecule has 3 heteroatoms. The highest BCUT2D eigenvalue weighted by atomic mass is 35.5. The lowest BCUT2D eigenvalue weighted by atomic mass is 10.1. The SMILES string of the molecule is Nc1cc(O)c2ccc(Cl)cc2c1. The Balaban J connectivity index is 2.86. The molecule has 0 unspecified atom stereocenters. The second-order valence-electron chi connectivity index (χ2n) is 2.91. The fourth-order valence-corrected chi connectivity index (χ4v) is 1.52. The number of anilines is 1. The van der Waals surface area contributed by atoms with Crippen LogP contribution in [-0.4, -0.2) is 5.11 Å². The van der Waals surface area contributed by atoms with Crippen molar-refractivity contribution in [1.82, 2.24) is 0 Å². The third-order valence-corrected chi connectivity index (χ3v) is 2.15. The van der Waals surface area contributed by atoms with Crippen LogP contribution in [0.4, 0.5) is 5.69 Å². The van der Waals surface area contributed by atoms with Crippen LogP contribution in [0, 0.1) is 0 Å². The summed E-state index contributed by atoms with van der Waals surface area (Å²) < 4.78 is 0. The molecule has 0 aliphatic rings. The maximum absolute atomic E-state index is 9.52. The number of aromatic hydroxyl groups is 1. The molecule has 0 heterocycles. The molecule has 2 aromatic carbocycles. The standard InChI is InChI=1S/C10H8ClNO/c11-7-1-2-9-6(3-7)4-8(12)5-10(9)13/h1-5,13H,12H2. The Hall–Kier alpha value is -1.41. The van der Waals surface area contributed by atoms with E-state index >= 15 is 0 Å². The number of nitrogen functional groups attached to an aromatic ring is 1. The van der Waals surface area contributed by atoms with Crippen LogP contribution >= 0.6 is 11.6 Å². The molecular weight excluding hydrogens is 186 g/mol.